The highest BCUT2D eigenvalue weighted by atomic mass is 16.4. The number of hydrogen-bond acceptors (Lipinski definition) is 4. The van der Waals surface area contributed by atoms with Crippen LogP contribution in [-0.4, -0.2) is 44.5 Å². The second-order valence-corrected chi connectivity index (χ2v) is 4.41. The first kappa shape index (κ1) is 14.7. The molecule has 21 heavy (non-hydrogen) atoms. The number of carboxylic acid groups (broad SMARTS) is 1. The Balaban J connectivity index is 1.92. The van der Waals surface area contributed by atoms with E-state index in [1.807, 2.05) is 30.3 Å². The highest BCUT2D eigenvalue weighted by Crippen LogP contribution is 2.07. The maximum absolute atomic E-state index is 11.8. The lowest BCUT2D eigenvalue weighted by molar-refractivity contribution is -0.146. The van der Waals surface area contributed by atoms with E-state index < -0.39 is 12.1 Å². The van der Waals surface area contributed by atoms with Gasteiger partial charge in [0.15, 0.2) is 6.10 Å². The second kappa shape index (κ2) is 6.67. The number of benzene rings is 1. The lowest BCUT2D eigenvalue weighted by Crippen LogP contribution is -2.29. The summed E-state index contributed by atoms with van der Waals surface area (Å²) in [7, 11) is 0. The monoisotopic (exact) mass is 289 g/mol. The van der Waals surface area contributed by atoms with Gasteiger partial charge in [-0.2, -0.15) is 5.10 Å². The number of hydrogen-bond donors (Lipinski definition) is 3. The third-order valence-corrected chi connectivity index (χ3v) is 2.85. The van der Waals surface area contributed by atoms with Gasteiger partial charge in [-0.15, -0.1) is 0 Å². The Morgan fingerprint density at radius 2 is 2.00 bits per heavy atom. The third kappa shape index (κ3) is 3.90. The van der Waals surface area contributed by atoms with Gasteiger partial charge in [0, 0.05) is 19.2 Å². The van der Waals surface area contributed by atoms with Crippen LogP contribution in [0.3, 0.4) is 0 Å². The predicted molar refractivity (Wildman–Crippen MR) is 74.2 cm³/mol. The molecule has 2 rings (SSSR count). The van der Waals surface area contributed by atoms with Crippen molar-refractivity contribution in [1.82, 2.24) is 15.1 Å². The van der Waals surface area contributed by atoms with Gasteiger partial charge in [0.25, 0.3) is 5.91 Å². The summed E-state index contributed by atoms with van der Waals surface area (Å²) in [4.78, 5) is 22.3. The maximum Gasteiger partial charge on any atom is 0.332 e. The van der Waals surface area contributed by atoms with Crippen molar-refractivity contribution in [2.45, 2.75) is 12.5 Å². The molecular formula is C14H15N3O4. The van der Waals surface area contributed by atoms with Crippen molar-refractivity contribution in [3.63, 3.8) is 0 Å². The molecule has 0 aliphatic carbocycles. The minimum atomic E-state index is -1.47. The smallest absolute Gasteiger partial charge is 0.332 e. The van der Waals surface area contributed by atoms with E-state index in [2.05, 4.69) is 10.4 Å². The number of rotatable bonds is 6. The van der Waals surface area contributed by atoms with E-state index in [0.717, 1.165) is 5.69 Å². The van der Waals surface area contributed by atoms with Crippen molar-refractivity contribution in [3.05, 3.63) is 48.3 Å². The van der Waals surface area contributed by atoms with Gasteiger partial charge in [-0.05, 0) is 12.1 Å². The summed E-state index contributed by atoms with van der Waals surface area (Å²) in [5, 5.41) is 24.2. The van der Waals surface area contributed by atoms with Crippen LogP contribution in [0.15, 0.2) is 42.7 Å². The number of nitrogens with zero attached hydrogens (tertiary/aromatic N) is 2. The summed E-state index contributed by atoms with van der Waals surface area (Å²) in [5.74, 6) is -1.67. The minimum absolute atomic E-state index is 0.0477. The molecule has 1 aromatic heterocycles. The molecule has 3 N–H and O–H groups in total. The van der Waals surface area contributed by atoms with E-state index >= 15 is 0 Å². The van der Waals surface area contributed by atoms with Crippen LogP contribution in [0, 0.1) is 0 Å². The molecule has 1 heterocycles. The standard InChI is InChI=1S/C14H15N3O4/c18-12(14(20)21)6-7-15-13(19)10-8-16-17(9-10)11-4-2-1-3-5-11/h1-5,8-9,12,18H,6-7H2,(H,15,19)(H,20,21)/t12-/m0/s1. The van der Waals surface area contributed by atoms with Crippen molar-refractivity contribution in [2.24, 2.45) is 0 Å². The maximum atomic E-state index is 11.8. The number of amides is 1. The molecule has 0 aliphatic rings. The van der Waals surface area contributed by atoms with Crippen LogP contribution < -0.4 is 5.32 Å². The summed E-state index contributed by atoms with van der Waals surface area (Å²) in [6, 6.07) is 9.33. The number of aliphatic hydroxyl groups excluding tert-OH is 1. The van der Waals surface area contributed by atoms with Gasteiger partial charge in [0.1, 0.15) is 0 Å². The van der Waals surface area contributed by atoms with E-state index in [-0.39, 0.29) is 18.9 Å². The quantitative estimate of drug-likeness (QED) is 0.715. The van der Waals surface area contributed by atoms with Gasteiger partial charge in [-0.1, -0.05) is 18.2 Å². The summed E-state index contributed by atoms with van der Waals surface area (Å²) >= 11 is 0. The summed E-state index contributed by atoms with van der Waals surface area (Å²) < 4.78 is 1.57. The molecule has 110 valence electrons. The minimum Gasteiger partial charge on any atom is -0.479 e. The van der Waals surface area contributed by atoms with Crippen LogP contribution in [-0.2, 0) is 4.79 Å². The average molecular weight is 289 g/mol. The van der Waals surface area contributed by atoms with Crippen LogP contribution in [0.25, 0.3) is 5.69 Å². The molecule has 0 saturated heterocycles. The fourth-order valence-electron chi connectivity index (χ4n) is 1.71. The molecule has 0 bridgehead atoms. The van der Waals surface area contributed by atoms with Gasteiger partial charge in [-0.3, -0.25) is 4.79 Å². The molecule has 1 aromatic carbocycles. The Morgan fingerprint density at radius 1 is 1.29 bits per heavy atom. The van der Waals surface area contributed by atoms with Crippen molar-refractivity contribution in [1.29, 1.82) is 0 Å². The summed E-state index contributed by atoms with van der Waals surface area (Å²) in [6.45, 7) is 0.0722. The van der Waals surface area contributed by atoms with E-state index in [4.69, 9.17) is 10.2 Å². The van der Waals surface area contributed by atoms with E-state index in [9.17, 15) is 9.59 Å². The highest BCUT2D eigenvalue weighted by molar-refractivity contribution is 5.93. The highest BCUT2D eigenvalue weighted by Gasteiger charge is 2.14. The van der Waals surface area contributed by atoms with Crippen LogP contribution >= 0.6 is 0 Å². The molecule has 7 heteroatoms. The number of carboxylic acids is 1. The van der Waals surface area contributed by atoms with Crippen molar-refractivity contribution in [2.75, 3.05) is 6.54 Å². The molecule has 7 nitrogen and oxygen atoms in total. The second-order valence-electron chi connectivity index (χ2n) is 4.41. The van der Waals surface area contributed by atoms with E-state index in [0.29, 0.717) is 5.56 Å². The molecule has 0 saturated carbocycles. The zero-order valence-electron chi connectivity index (χ0n) is 11.1. The number of carbonyl (C=O) groups is 2. The predicted octanol–water partition coefficient (Wildman–Crippen LogP) is 0.438. The summed E-state index contributed by atoms with van der Waals surface area (Å²) in [6.07, 6.45) is 1.49. The van der Waals surface area contributed by atoms with Crippen molar-refractivity contribution < 1.29 is 19.8 Å². The van der Waals surface area contributed by atoms with Crippen molar-refractivity contribution in [3.8, 4) is 5.69 Å². The first-order valence-electron chi connectivity index (χ1n) is 6.37. The Morgan fingerprint density at radius 3 is 2.67 bits per heavy atom. The number of aromatic nitrogens is 2. The molecular weight excluding hydrogens is 274 g/mol. The Hall–Kier alpha value is -2.67. The van der Waals surface area contributed by atoms with Crippen LogP contribution in [0.4, 0.5) is 0 Å². The van der Waals surface area contributed by atoms with Crippen LogP contribution in [0.2, 0.25) is 0 Å². The zero-order chi connectivity index (χ0) is 15.2. The largest absolute Gasteiger partial charge is 0.479 e. The summed E-state index contributed by atoms with van der Waals surface area (Å²) in [5.41, 5.74) is 1.20. The first-order chi connectivity index (χ1) is 10.1. The topological polar surface area (TPSA) is 104 Å². The molecule has 0 aliphatic heterocycles. The number of para-hydroxylation sites is 1. The number of carbonyl (C=O) groups excluding carboxylic acids is 1. The fourth-order valence-corrected chi connectivity index (χ4v) is 1.71. The lowest BCUT2D eigenvalue weighted by atomic mass is 10.2. The molecule has 1 atom stereocenters. The Bertz CT molecular complexity index is 624. The molecule has 0 radical (unpaired) electrons. The number of nitrogens with one attached hydrogen (secondary N) is 1. The zero-order valence-corrected chi connectivity index (χ0v) is 11.1. The van der Waals surface area contributed by atoms with Gasteiger partial charge in [-0.25, -0.2) is 9.48 Å². The Labute approximate surface area is 120 Å². The van der Waals surface area contributed by atoms with E-state index in [1.54, 1.807) is 10.9 Å². The Kier molecular flexibility index (Phi) is 4.68. The number of aliphatic hydroxyl groups is 1. The molecule has 0 unspecified atom stereocenters. The molecule has 0 spiro atoms. The normalized spacial score (nSPS) is 11.9. The van der Waals surface area contributed by atoms with Gasteiger partial charge in [0.05, 0.1) is 17.4 Å². The van der Waals surface area contributed by atoms with E-state index in [1.165, 1.54) is 6.20 Å². The lowest BCUT2D eigenvalue weighted by Gasteiger charge is -2.06. The fraction of sp³-hybridized carbons (Fsp3) is 0.214. The SMILES string of the molecule is O=C(NCC[C@H](O)C(=O)O)c1cnn(-c2ccccc2)c1. The average Bonchev–Trinajstić information content (AvgIpc) is 2.97. The molecule has 1 amide bonds. The van der Waals surface area contributed by atoms with Gasteiger partial charge in [0.2, 0.25) is 0 Å². The van der Waals surface area contributed by atoms with Gasteiger partial charge >= 0.3 is 5.97 Å². The van der Waals surface area contributed by atoms with Crippen molar-refractivity contribution >= 4 is 11.9 Å². The van der Waals surface area contributed by atoms with Crippen LogP contribution in [0.5, 0.6) is 0 Å². The van der Waals surface area contributed by atoms with Crippen LogP contribution in [0.1, 0.15) is 16.8 Å². The van der Waals surface area contributed by atoms with Gasteiger partial charge < -0.3 is 15.5 Å². The first-order valence-corrected chi connectivity index (χ1v) is 6.37. The number of aliphatic carboxylic acids is 1. The molecule has 2 aromatic rings. The molecule has 0 fully saturated rings. The third-order valence-electron chi connectivity index (χ3n) is 2.85.